The molecule has 1 aromatic heterocycles. The summed E-state index contributed by atoms with van der Waals surface area (Å²) >= 11 is 0. The molecule has 6 nitrogen and oxygen atoms in total. The number of halogens is 3. The minimum Gasteiger partial charge on any atom is -0.458 e. The van der Waals surface area contributed by atoms with Gasteiger partial charge in [0.25, 0.3) is 5.56 Å². The van der Waals surface area contributed by atoms with Gasteiger partial charge in [0.15, 0.2) is 8.32 Å². The van der Waals surface area contributed by atoms with E-state index in [-0.39, 0.29) is 11.0 Å². The van der Waals surface area contributed by atoms with E-state index >= 15 is 0 Å². The fourth-order valence-electron chi connectivity index (χ4n) is 2.73. The molecule has 1 saturated heterocycles. The molecule has 2 bridgehead atoms. The van der Waals surface area contributed by atoms with Crippen LogP contribution in [0.1, 0.15) is 39.0 Å². The Morgan fingerprint density at radius 1 is 1.35 bits per heavy atom. The van der Waals surface area contributed by atoms with E-state index in [1.807, 2.05) is 0 Å². The van der Waals surface area contributed by atoms with E-state index in [1.54, 1.807) is 0 Å². The normalized spacial score (nSPS) is 25.8. The summed E-state index contributed by atoms with van der Waals surface area (Å²) < 4.78 is 57.6. The lowest BCUT2D eigenvalue weighted by molar-refractivity contribution is -0.139. The molecule has 10 heteroatoms. The lowest BCUT2D eigenvalue weighted by Gasteiger charge is -2.37. The Hall–Kier alpha value is -1.39. The van der Waals surface area contributed by atoms with Crippen molar-refractivity contribution in [3.63, 3.8) is 0 Å². The van der Waals surface area contributed by atoms with E-state index in [1.165, 1.54) is 0 Å². The molecule has 26 heavy (non-hydrogen) atoms. The molecule has 3 heterocycles. The molecule has 0 radical (unpaired) electrons. The molecular formula is C16H23F3N2O4Si. The van der Waals surface area contributed by atoms with E-state index in [9.17, 15) is 18.0 Å². The minimum atomic E-state index is -4.77. The fourth-order valence-corrected chi connectivity index (χ4v) is 3.74. The molecule has 2 aliphatic rings. The molecule has 0 N–H and O–H groups in total. The van der Waals surface area contributed by atoms with Crippen LogP contribution in [0.4, 0.5) is 13.2 Å². The first kappa shape index (κ1) is 19.4. The second-order valence-electron chi connectivity index (χ2n) is 8.24. The maximum atomic E-state index is 13.0. The maximum absolute atomic E-state index is 13.0. The van der Waals surface area contributed by atoms with Gasteiger partial charge in [-0.15, -0.1) is 0 Å². The average molecular weight is 392 g/mol. The van der Waals surface area contributed by atoms with Gasteiger partial charge in [-0.3, -0.25) is 9.36 Å². The topological polar surface area (TPSA) is 62.6 Å². The number of alkyl halides is 3. The number of hydrogen-bond donors (Lipinski definition) is 0. The molecule has 0 amide bonds. The van der Waals surface area contributed by atoms with Crippen molar-refractivity contribution in [2.45, 2.75) is 69.9 Å². The molecule has 0 aromatic carbocycles. The Morgan fingerprint density at radius 2 is 2.00 bits per heavy atom. The van der Waals surface area contributed by atoms with Crippen molar-refractivity contribution in [1.82, 2.24) is 9.55 Å². The summed E-state index contributed by atoms with van der Waals surface area (Å²) in [5.41, 5.74) is -2.67. The number of ether oxygens (including phenoxy) is 2. The number of hydrogen-bond acceptors (Lipinski definition) is 5. The second kappa shape index (κ2) is 6.06. The summed E-state index contributed by atoms with van der Waals surface area (Å²) in [6.45, 7) is 10.9. The molecular weight excluding hydrogens is 369 g/mol. The zero-order valence-corrected chi connectivity index (χ0v) is 16.4. The van der Waals surface area contributed by atoms with Crippen molar-refractivity contribution in [2.75, 3.05) is 6.61 Å². The maximum Gasteiger partial charge on any atom is 0.423 e. The van der Waals surface area contributed by atoms with Gasteiger partial charge in [-0.2, -0.15) is 18.2 Å². The molecule has 2 aliphatic heterocycles. The van der Waals surface area contributed by atoms with Crippen LogP contribution in [0.25, 0.3) is 0 Å². The van der Waals surface area contributed by atoms with Crippen LogP contribution in [0, 0.1) is 0 Å². The molecule has 0 spiro atoms. The third-order valence-electron chi connectivity index (χ3n) is 5.38. The van der Waals surface area contributed by atoms with Gasteiger partial charge in [-0.25, -0.2) is 0 Å². The van der Waals surface area contributed by atoms with Gasteiger partial charge >= 0.3 is 12.2 Å². The van der Waals surface area contributed by atoms with Crippen LogP contribution in [0.2, 0.25) is 18.1 Å². The highest BCUT2D eigenvalue weighted by atomic mass is 28.4. The molecule has 0 saturated carbocycles. The summed E-state index contributed by atoms with van der Waals surface area (Å²) in [5, 5.41) is 0.0277. The third-order valence-corrected chi connectivity index (χ3v) is 9.88. The molecule has 3 rings (SSSR count). The first-order chi connectivity index (χ1) is 11.8. The number of rotatable bonds is 3. The van der Waals surface area contributed by atoms with Gasteiger partial charge in [0.05, 0.1) is 6.61 Å². The molecule has 1 fully saturated rings. The zero-order valence-electron chi connectivity index (χ0n) is 15.4. The van der Waals surface area contributed by atoms with Crippen molar-refractivity contribution in [3.8, 4) is 6.01 Å². The highest BCUT2D eigenvalue weighted by Crippen LogP contribution is 2.41. The zero-order chi connectivity index (χ0) is 19.5. The Bertz CT molecular complexity index is 757. The quantitative estimate of drug-likeness (QED) is 0.739. The van der Waals surface area contributed by atoms with E-state index in [2.05, 4.69) is 38.8 Å². The highest BCUT2D eigenvalue weighted by Gasteiger charge is 2.46. The monoisotopic (exact) mass is 392 g/mol. The molecule has 1 aromatic rings. The van der Waals surface area contributed by atoms with E-state index in [4.69, 9.17) is 13.9 Å². The molecule has 0 aliphatic carbocycles. The van der Waals surface area contributed by atoms with Crippen LogP contribution in [0.5, 0.6) is 6.01 Å². The van der Waals surface area contributed by atoms with Gasteiger partial charge in [0, 0.05) is 12.6 Å². The average Bonchev–Trinajstić information content (AvgIpc) is 2.80. The third kappa shape index (κ3) is 3.41. The highest BCUT2D eigenvalue weighted by molar-refractivity contribution is 6.74. The summed E-state index contributed by atoms with van der Waals surface area (Å²) in [6, 6.07) is -0.140. The first-order valence-electron chi connectivity index (χ1n) is 8.46. The van der Waals surface area contributed by atoms with Crippen LogP contribution in [0.15, 0.2) is 11.0 Å². The van der Waals surface area contributed by atoms with Crippen LogP contribution in [-0.2, 0) is 15.3 Å². The Morgan fingerprint density at radius 3 is 2.58 bits per heavy atom. The van der Waals surface area contributed by atoms with Crippen molar-refractivity contribution in [1.29, 1.82) is 0 Å². The molecule has 146 valence electrons. The summed E-state index contributed by atoms with van der Waals surface area (Å²) in [4.78, 5) is 15.1. The van der Waals surface area contributed by atoms with Crippen LogP contribution >= 0.6 is 0 Å². The van der Waals surface area contributed by atoms with Crippen LogP contribution in [0.3, 0.4) is 0 Å². The lowest BCUT2D eigenvalue weighted by atomic mass is 10.1. The van der Waals surface area contributed by atoms with Gasteiger partial charge in [-0.1, -0.05) is 20.8 Å². The van der Waals surface area contributed by atoms with Gasteiger partial charge in [-0.05, 0) is 18.1 Å². The minimum absolute atomic E-state index is 0.0277. The predicted molar refractivity (Wildman–Crippen MR) is 89.6 cm³/mol. The fraction of sp³-hybridized carbons (Fsp3) is 0.750. The second-order valence-corrected chi connectivity index (χ2v) is 13.0. The van der Waals surface area contributed by atoms with Crippen molar-refractivity contribution >= 4 is 8.32 Å². The van der Waals surface area contributed by atoms with Crippen molar-refractivity contribution in [3.05, 3.63) is 22.1 Å². The van der Waals surface area contributed by atoms with Crippen LogP contribution < -0.4 is 10.3 Å². The summed E-state index contributed by atoms with van der Waals surface area (Å²) in [5.74, 6) is 0. The number of aromatic nitrogens is 2. The van der Waals surface area contributed by atoms with E-state index in [0.29, 0.717) is 13.0 Å². The Balaban J connectivity index is 1.78. The predicted octanol–water partition coefficient (Wildman–Crippen LogP) is 3.33. The number of nitrogens with zero attached hydrogens (tertiary/aromatic N) is 2. The number of fused-ring (bicyclic) bond motifs is 4. The Kier molecular flexibility index (Phi) is 4.52. The van der Waals surface area contributed by atoms with E-state index in [0.717, 1.165) is 10.8 Å². The smallest absolute Gasteiger partial charge is 0.423 e. The van der Waals surface area contributed by atoms with E-state index < -0.39 is 44.1 Å². The van der Waals surface area contributed by atoms with Gasteiger partial charge in [0.1, 0.15) is 24.0 Å². The lowest BCUT2D eigenvalue weighted by Crippen LogP contribution is -2.44. The molecule has 0 unspecified atom stereocenters. The molecule has 3 atom stereocenters. The van der Waals surface area contributed by atoms with Crippen LogP contribution in [-0.4, -0.2) is 36.7 Å². The summed E-state index contributed by atoms with van der Waals surface area (Å²) in [6.07, 6.45) is -5.12. The Labute approximate surface area is 150 Å². The standard InChI is InChI=1S/C16H23F3N2O4Si/c1-15(2,3)26(4,5)23-8-11-10-6-12(24-11)21-7-9(16(17,18)19)13(22)20-14(21)25-10/h7,10-12H,6,8H2,1-5H3/t10-,11-,12-/m1/s1. The van der Waals surface area contributed by atoms with Crippen molar-refractivity contribution < 1.29 is 27.1 Å². The first-order valence-corrected chi connectivity index (χ1v) is 11.4. The van der Waals surface area contributed by atoms with Crippen molar-refractivity contribution in [2.24, 2.45) is 0 Å². The van der Waals surface area contributed by atoms with Gasteiger partial charge < -0.3 is 13.9 Å². The largest absolute Gasteiger partial charge is 0.458 e. The summed E-state index contributed by atoms with van der Waals surface area (Å²) in [7, 11) is -2.00. The van der Waals surface area contributed by atoms with Gasteiger partial charge in [0.2, 0.25) is 0 Å². The SMILES string of the molecule is CC(C)(C)[Si](C)(C)OC[C@H]1O[C@@H]2C[C@H]1Oc1nc(=O)c(C(F)(F)F)cn12.